The Morgan fingerprint density at radius 2 is 1.71 bits per heavy atom. The van der Waals surface area contributed by atoms with Crippen LogP contribution >= 0.6 is 0 Å². The Kier molecular flexibility index (Phi) is 7.08. The molecular formula is C28H35N5O9. The third kappa shape index (κ3) is 4.01. The number of Topliss-reactive ketones (excluding diaryl/α,β-unsaturated/α-hetero) is 2. The highest BCUT2D eigenvalue weighted by Gasteiger charge is 2.68. The van der Waals surface area contributed by atoms with Gasteiger partial charge in [0.2, 0.25) is 5.78 Å². The molecule has 4 unspecified atom stereocenters. The summed E-state index contributed by atoms with van der Waals surface area (Å²) in [6.45, 7) is 3.91. The number of carbonyl (C=O) groups is 4. The van der Waals surface area contributed by atoms with Gasteiger partial charge in [0.15, 0.2) is 11.4 Å². The third-order valence-corrected chi connectivity index (χ3v) is 9.16. The van der Waals surface area contributed by atoms with E-state index in [1.807, 2.05) is 7.05 Å². The van der Waals surface area contributed by atoms with Crippen molar-refractivity contribution in [3.05, 3.63) is 40.2 Å². The zero-order valence-electron chi connectivity index (χ0n) is 23.7. The van der Waals surface area contributed by atoms with Crippen LogP contribution in [0.5, 0.6) is 5.75 Å². The molecule has 42 heavy (non-hydrogen) atoms. The zero-order valence-corrected chi connectivity index (χ0v) is 23.7. The largest absolute Gasteiger partial charge is 0.508 e. The van der Waals surface area contributed by atoms with Crippen molar-refractivity contribution in [3.63, 3.8) is 0 Å². The first-order valence-electron chi connectivity index (χ1n) is 13.6. The maximum absolute atomic E-state index is 14.1. The Hall–Kier alpha value is -3.98. The Morgan fingerprint density at radius 1 is 1.10 bits per heavy atom. The number of phenolic OH excluding ortho intramolecular Hbond substituents is 1. The molecule has 1 aliphatic heterocycles. The van der Waals surface area contributed by atoms with Crippen molar-refractivity contribution in [2.24, 2.45) is 17.6 Å². The number of piperazine rings is 1. The van der Waals surface area contributed by atoms with Crippen LogP contribution in [0.15, 0.2) is 29.0 Å². The number of aromatic hydroxyl groups is 1. The molecule has 4 aliphatic rings. The molecule has 1 saturated carbocycles. The standard InChI is InChI=1S/C28H35N5O9/c1-11-12-5-6-13(30-27(41)33-9-7-32(4)8-10-33)20(34)15(12)21(35)16-14(11)22(36)18-19(31(2)3)23(37)17(26(29)40)25(39)28(18,42)24(16)38/h5-6,11,14,18-19,22,34-36,39,42H,7-10H2,1-4H3,(H2,29,40)(H,30,41)/t11?,14?,18?,19-,22?,28-/m0/s1. The number of hydrogen-bond acceptors (Lipinski definition) is 11. The highest BCUT2D eigenvalue weighted by atomic mass is 16.4. The first kappa shape index (κ1) is 29.5. The van der Waals surface area contributed by atoms with Gasteiger partial charge in [-0.2, -0.15) is 0 Å². The summed E-state index contributed by atoms with van der Waals surface area (Å²) in [5, 5.41) is 59.7. The highest BCUT2D eigenvalue weighted by molar-refractivity contribution is 6.24. The molecule has 8 N–H and O–H groups in total. The minimum atomic E-state index is -2.99. The maximum Gasteiger partial charge on any atom is 0.322 e. The van der Waals surface area contributed by atoms with Gasteiger partial charge in [0.1, 0.15) is 22.8 Å². The lowest BCUT2D eigenvalue weighted by Crippen LogP contribution is -2.70. The number of rotatable bonds is 3. The molecule has 14 nitrogen and oxygen atoms in total. The summed E-state index contributed by atoms with van der Waals surface area (Å²) in [5.41, 5.74) is 0.979. The van der Waals surface area contributed by atoms with Gasteiger partial charge in [-0.25, -0.2) is 4.79 Å². The third-order valence-electron chi connectivity index (χ3n) is 9.16. The number of anilines is 1. The van der Waals surface area contributed by atoms with Crippen molar-refractivity contribution in [1.82, 2.24) is 14.7 Å². The van der Waals surface area contributed by atoms with Gasteiger partial charge in [-0.1, -0.05) is 13.0 Å². The number of amides is 3. The number of fused-ring (bicyclic) bond motifs is 3. The number of aliphatic hydroxyl groups excluding tert-OH is 3. The topological polar surface area (TPSA) is 217 Å². The van der Waals surface area contributed by atoms with E-state index in [4.69, 9.17) is 5.73 Å². The molecular weight excluding hydrogens is 550 g/mol. The Balaban J connectivity index is 1.63. The number of ketones is 2. The molecule has 0 aromatic heterocycles. The van der Waals surface area contributed by atoms with E-state index in [-0.39, 0.29) is 11.3 Å². The summed E-state index contributed by atoms with van der Waals surface area (Å²) >= 11 is 0. The predicted molar refractivity (Wildman–Crippen MR) is 148 cm³/mol. The summed E-state index contributed by atoms with van der Waals surface area (Å²) in [4.78, 5) is 57.3. The molecule has 5 rings (SSSR count). The van der Waals surface area contributed by atoms with Crippen LogP contribution in [-0.2, 0) is 14.4 Å². The fraction of sp³-hybridized carbons (Fsp3) is 0.500. The fourth-order valence-electron chi connectivity index (χ4n) is 6.92. The van der Waals surface area contributed by atoms with E-state index in [2.05, 4.69) is 10.2 Å². The summed E-state index contributed by atoms with van der Waals surface area (Å²) in [6.07, 6.45) is -1.68. The van der Waals surface area contributed by atoms with Gasteiger partial charge < -0.3 is 46.4 Å². The monoisotopic (exact) mass is 585 g/mol. The summed E-state index contributed by atoms with van der Waals surface area (Å²) in [6, 6.07) is 1.10. The number of phenols is 1. The number of nitrogens with zero attached hydrogens (tertiary/aromatic N) is 3. The van der Waals surface area contributed by atoms with Crippen molar-refractivity contribution in [2.45, 2.75) is 30.6 Å². The second kappa shape index (κ2) is 10.1. The second-order valence-electron chi connectivity index (χ2n) is 11.7. The number of likely N-dealkylation sites (N-methyl/N-ethyl adjacent to an activating group) is 2. The Morgan fingerprint density at radius 3 is 2.29 bits per heavy atom. The van der Waals surface area contributed by atoms with Crippen LogP contribution in [0, 0.1) is 11.8 Å². The van der Waals surface area contributed by atoms with Gasteiger partial charge in [-0.05, 0) is 38.7 Å². The molecule has 0 spiro atoms. The first-order chi connectivity index (χ1) is 19.6. The Bertz CT molecular complexity index is 1460. The van der Waals surface area contributed by atoms with Gasteiger partial charge in [-0.15, -0.1) is 0 Å². The maximum atomic E-state index is 14.1. The molecule has 0 radical (unpaired) electrons. The smallest absolute Gasteiger partial charge is 0.322 e. The van der Waals surface area contributed by atoms with E-state index in [1.165, 1.54) is 25.1 Å². The number of urea groups is 1. The lowest BCUT2D eigenvalue weighted by molar-refractivity contribution is -0.169. The molecule has 0 bridgehead atoms. The van der Waals surface area contributed by atoms with E-state index in [0.717, 1.165) is 0 Å². The van der Waals surface area contributed by atoms with Crippen molar-refractivity contribution >= 4 is 35.0 Å². The van der Waals surface area contributed by atoms with Crippen LogP contribution in [0.25, 0.3) is 5.76 Å². The predicted octanol–water partition coefficient (Wildman–Crippen LogP) is -0.725. The second-order valence-corrected chi connectivity index (χ2v) is 11.7. The molecule has 14 heteroatoms. The number of benzene rings is 1. The van der Waals surface area contributed by atoms with E-state index in [0.29, 0.717) is 31.7 Å². The van der Waals surface area contributed by atoms with Crippen LogP contribution in [0.4, 0.5) is 10.5 Å². The number of primary amides is 1. The molecule has 1 heterocycles. The molecule has 6 atom stereocenters. The van der Waals surface area contributed by atoms with Crippen LogP contribution < -0.4 is 11.1 Å². The number of nitrogens with two attached hydrogens (primary N) is 1. The highest BCUT2D eigenvalue weighted by Crippen LogP contribution is 2.56. The molecule has 3 aliphatic carbocycles. The van der Waals surface area contributed by atoms with E-state index in [1.54, 1.807) is 17.9 Å². The summed E-state index contributed by atoms with van der Waals surface area (Å²) in [7, 11) is 4.83. The van der Waals surface area contributed by atoms with Gasteiger partial charge in [0.25, 0.3) is 5.91 Å². The number of aliphatic hydroxyl groups is 4. The Labute approximate surface area is 241 Å². The number of nitrogens with one attached hydrogen (secondary N) is 1. The first-order valence-corrected chi connectivity index (χ1v) is 13.6. The fourth-order valence-corrected chi connectivity index (χ4v) is 6.92. The molecule has 1 aromatic carbocycles. The minimum Gasteiger partial charge on any atom is -0.508 e. The van der Waals surface area contributed by atoms with Gasteiger partial charge in [0, 0.05) is 37.7 Å². The number of carbonyl (C=O) groups excluding carboxylic acids is 4. The van der Waals surface area contributed by atoms with Crippen molar-refractivity contribution < 1.29 is 44.7 Å². The lowest BCUT2D eigenvalue weighted by Gasteiger charge is -2.53. The average Bonchev–Trinajstić information content (AvgIpc) is 2.92. The van der Waals surface area contributed by atoms with Crippen LogP contribution in [0.2, 0.25) is 0 Å². The van der Waals surface area contributed by atoms with Crippen LogP contribution in [0.1, 0.15) is 24.0 Å². The summed E-state index contributed by atoms with van der Waals surface area (Å²) < 4.78 is 0. The van der Waals surface area contributed by atoms with Gasteiger partial charge >= 0.3 is 6.03 Å². The van der Waals surface area contributed by atoms with Crippen LogP contribution in [-0.4, -0.2) is 129 Å². The van der Waals surface area contributed by atoms with Crippen molar-refractivity contribution in [1.29, 1.82) is 0 Å². The van der Waals surface area contributed by atoms with Crippen molar-refractivity contribution in [3.8, 4) is 5.75 Å². The normalized spacial score (nSPS) is 31.6. The molecule has 1 saturated heterocycles. The van der Waals surface area contributed by atoms with E-state index < -0.39 is 87.4 Å². The van der Waals surface area contributed by atoms with Crippen LogP contribution in [0.3, 0.4) is 0 Å². The summed E-state index contributed by atoms with van der Waals surface area (Å²) in [5.74, 6) is -9.75. The molecule has 3 amide bonds. The van der Waals surface area contributed by atoms with E-state index in [9.17, 15) is 44.7 Å². The molecule has 226 valence electrons. The average molecular weight is 586 g/mol. The van der Waals surface area contributed by atoms with Crippen molar-refractivity contribution in [2.75, 3.05) is 52.6 Å². The number of hydrogen-bond donors (Lipinski definition) is 7. The molecule has 2 fully saturated rings. The lowest BCUT2D eigenvalue weighted by atomic mass is 9.54. The SMILES string of the molecule is CC1c2ccc(NC(=O)N3CCN(C)CC3)c(O)c2C(O)=C2C(=O)[C@]3(O)C(O)=C(C(N)=O)C(=O)[C@@H](N(C)C)C3C(O)C21. The van der Waals surface area contributed by atoms with Gasteiger partial charge in [-0.3, -0.25) is 19.3 Å². The molecule has 1 aromatic rings. The minimum absolute atomic E-state index is 0.0365. The van der Waals surface area contributed by atoms with E-state index >= 15 is 0 Å². The zero-order chi connectivity index (χ0) is 31.0. The quantitative estimate of drug-likeness (QED) is 0.173. The van der Waals surface area contributed by atoms with Gasteiger partial charge in [0.05, 0.1) is 29.3 Å².